The summed E-state index contributed by atoms with van der Waals surface area (Å²) in [5.41, 5.74) is 4.84. The zero-order valence-corrected chi connectivity index (χ0v) is 10.8. The monoisotopic (exact) mass is 257 g/mol. The molecule has 0 bridgehead atoms. The first-order chi connectivity index (χ1) is 8.02. The minimum Gasteiger partial charge on any atom is -0.409 e. The van der Waals surface area contributed by atoms with Gasteiger partial charge in [0.2, 0.25) is 5.91 Å². The van der Waals surface area contributed by atoms with Crippen molar-refractivity contribution in [1.82, 2.24) is 5.32 Å². The molecule has 17 heavy (non-hydrogen) atoms. The quantitative estimate of drug-likeness (QED) is 0.302. The van der Waals surface area contributed by atoms with E-state index < -0.39 is 5.41 Å². The minimum atomic E-state index is -0.728. The van der Waals surface area contributed by atoms with Gasteiger partial charge in [-0.3, -0.25) is 4.79 Å². The van der Waals surface area contributed by atoms with Crippen LogP contribution < -0.4 is 11.1 Å². The second-order valence-corrected chi connectivity index (χ2v) is 6.83. The number of carbonyl (C=O) groups is 1. The van der Waals surface area contributed by atoms with Crippen LogP contribution in [-0.4, -0.2) is 34.0 Å². The first kappa shape index (κ1) is 12.5. The van der Waals surface area contributed by atoms with Gasteiger partial charge >= 0.3 is 0 Å². The molecule has 1 unspecified atom stereocenters. The summed E-state index contributed by atoms with van der Waals surface area (Å²) >= 11 is 1.91. The molecule has 2 aliphatic rings. The highest BCUT2D eigenvalue weighted by Crippen LogP contribution is 2.46. The fourth-order valence-electron chi connectivity index (χ4n) is 2.23. The van der Waals surface area contributed by atoms with Crippen molar-refractivity contribution in [3.63, 3.8) is 0 Å². The number of amides is 1. The van der Waals surface area contributed by atoms with E-state index >= 15 is 0 Å². The van der Waals surface area contributed by atoms with E-state index in [0.29, 0.717) is 19.4 Å². The predicted molar refractivity (Wildman–Crippen MR) is 68.2 cm³/mol. The first-order valence-corrected chi connectivity index (χ1v) is 6.91. The first-order valence-electron chi connectivity index (χ1n) is 5.93. The maximum atomic E-state index is 12.0. The predicted octanol–water partition coefficient (Wildman–Crippen LogP) is 0.915. The zero-order valence-electron chi connectivity index (χ0n) is 10.0. The summed E-state index contributed by atoms with van der Waals surface area (Å²) in [7, 11) is 0. The van der Waals surface area contributed by atoms with Crippen LogP contribution in [0.25, 0.3) is 0 Å². The van der Waals surface area contributed by atoms with Gasteiger partial charge < -0.3 is 16.3 Å². The Hall–Kier alpha value is -0.910. The molecular weight excluding hydrogens is 238 g/mol. The van der Waals surface area contributed by atoms with Crippen LogP contribution in [0.4, 0.5) is 0 Å². The maximum absolute atomic E-state index is 12.0. The number of rotatable bonds is 4. The van der Waals surface area contributed by atoms with Crippen LogP contribution in [0.3, 0.4) is 0 Å². The molecule has 1 saturated carbocycles. The Morgan fingerprint density at radius 1 is 1.53 bits per heavy atom. The van der Waals surface area contributed by atoms with Crippen LogP contribution in [-0.2, 0) is 4.79 Å². The SMILES string of the molecule is CC1(CNC(=O)C2(C(N)=NO)CC2)CCCS1. The third-order valence-corrected chi connectivity index (χ3v) is 5.24. The zero-order chi connectivity index (χ0) is 12.5. The van der Waals surface area contributed by atoms with E-state index in [4.69, 9.17) is 10.9 Å². The molecule has 1 aliphatic heterocycles. The van der Waals surface area contributed by atoms with Crippen LogP contribution >= 0.6 is 11.8 Å². The molecule has 1 amide bonds. The molecular formula is C11H19N3O2S. The molecule has 2 rings (SSSR count). The normalized spacial score (nSPS) is 31.2. The summed E-state index contributed by atoms with van der Waals surface area (Å²) in [4.78, 5) is 12.0. The highest BCUT2D eigenvalue weighted by molar-refractivity contribution is 8.00. The molecule has 0 radical (unpaired) electrons. The smallest absolute Gasteiger partial charge is 0.234 e. The molecule has 1 saturated heterocycles. The maximum Gasteiger partial charge on any atom is 0.234 e. The Morgan fingerprint density at radius 3 is 2.71 bits per heavy atom. The van der Waals surface area contributed by atoms with Crippen molar-refractivity contribution in [2.45, 2.75) is 37.4 Å². The second-order valence-electron chi connectivity index (χ2n) is 5.15. The number of nitrogens with zero attached hydrogens (tertiary/aromatic N) is 1. The Kier molecular flexibility index (Phi) is 3.25. The molecule has 1 heterocycles. The highest BCUT2D eigenvalue weighted by atomic mass is 32.2. The van der Waals surface area contributed by atoms with Crippen LogP contribution in [0.1, 0.15) is 32.6 Å². The van der Waals surface area contributed by atoms with Gasteiger partial charge in [-0.2, -0.15) is 11.8 Å². The summed E-state index contributed by atoms with van der Waals surface area (Å²) in [6.45, 7) is 2.84. The number of amidine groups is 1. The summed E-state index contributed by atoms with van der Waals surface area (Å²) in [5, 5.41) is 14.6. The number of thioether (sulfide) groups is 1. The Labute approximate surface area is 105 Å². The van der Waals surface area contributed by atoms with Crippen molar-refractivity contribution in [3.05, 3.63) is 0 Å². The van der Waals surface area contributed by atoms with Gasteiger partial charge in [-0.15, -0.1) is 0 Å². The van der Waals surface area contributed by atoms with E-state index in [-0.39, 0.29) is 16.5 Å². The average molecular weight is 257 g/mol. The molecule has 0 spiro atoms. The number of carbonyl (C=O) groups excluding carboxylic acids is 1. The highest BCUT2D eigenvalue weighted by Gasteiger charge is 2.54. The summed E-state index contributed by atoms with van der Waals surface area (Å²) in [6, 6.07) is 0. The topological polar surface area (TPSA) is 87.7 Å². The largest absolute Gasteiger partial charge is 0.409 e. The summed E-state index contributed by atoms with van der Waals surface area (Å²) < 4.78 is 0.150. The third-order valence-electron chi connectivity index (χ3n) is 3.71. The molecule has 6 heteroatoms. The van der Waals surface area contributed by atoms with Crippen molar-refractivity contribution in [1.29, 1.82) is 0 Å². The lowest BCUT2D eigenvalue weighted by atomic mass is 10.0. The molecule has 1 atom stereocenters. The number of hydrogen-bond acceptors (Lipinski definition) is 4. The Balaban J connectivity index is 1.90. The summed E-state index contributed by atoms with van der Waals surface area (Å²) in [5.74, 6) is 1.11. The van der Waals surface area contributed by atoms with Crippen LogP contribution in [0.5, 0.6) is 0 Å². The number of hydrogen-bond donors (Lipinski definition) is 3. The van der Waals surface area contributed by atoms with Gasteiger partial charge in [0.05, 0.1) is 0 Å². The molecule has 4 N–H and O–H groups in total. The fourth-order valence-corrected chi connectivity index (χ4v) is 3.48. The molecule has 5 nitrogen and oxygen atoms in total. The molecule has 0 aromatic heterocycles. The van der Waals surface area contributed by atoms with Gasteiger partial charge in [-0.1, -0.05) is 5.16 Å². The van der Waals surface area contributed by atoms with Gasteiger partial charge in [-0.25, -0.2) is 0 Å². The van der Waals surface area contributed by atoms with Gasteiger partial charge in [0, 0.05) is 11.3 Å². The van der Waals surface area contributed by atoms with E-state index in [1.165, 1.54) is 6.42 Å². The molecule has 0 aromatic carbocycles. The van der Waals surface area contributed by atoms with Gasteiger partial charge in [0.15, 0.2) is 5.84 Å². The standard InChI is InChI=1S/C11H19N3O2S/c1-10(3-2-6-17-10)7-13-9(15)11(4-5-11)8(12)14-16/h16H,2-7H2,1H3,(H2,12,14)(H,13,15). The van der Waals surface area contributed by atoms with Gasteiger partial charge in [0.25, 0.3) is 0 Å². The molecule has 1 aliphatic carbocycles. The summed E-state index contributed by atoms with van der Waals surface area (Å²) in [6.07, 6.45) is 3.70. The molecule has 96 valence electrons. The Bertz CT molecular complexity index is 347. The lowest BCUT2D eigenvalue weighted by molar-refractivity contribution is -0.124. The van der Waals surface area contributed by atoms with E-state index in [1.807, 2.05) is 11.8 Å². The minimum absolute atomic E-state index is 0.0410. The van der Waals surface area contributed by atoms with Crippen molar-refractivity contribution in [2.75, 3.05) is 12.3 Å². The number of nitrogens with two attached hydrogens (primary N) is 1. The van der Waals surface area contributed by atoms with Gasteiger partial charge in [0.1, 0.15) is 5.41 Å². The van der Waals surface area contributed by atoms with E-state index in [0.717, 1.165) is 12.2 Å². The van der Waals surface area contributed by atoms with Crippen molar-refractivity contribution < 1.29 is 10.0 Å². The average Bonchev–Trinajstić information content (AvgIpc) is 3.03. The van der Waals surface area contributed by atoms with Crippen molar-refractivity contribution in [2.24, 2.45) is 16.3 Å². The van der Waals surface area contributed by atoms with E-state index in [9.17, 15) is 4.79 Å². The van der Waals surface area contributed by atoms with E-state index in [1.54, 1.807) is 0 Å². The van der Waals surface area contributed by atoms with Crippen LogP contribution in [0, 0.1) is 5.41 Å². The van der Waals surface area contributed by atoms with Crippen LogP contribution in [0.15, 0.2) is 5.16 Å². The number of oxime groups is 1. The lowest BCUT2D eigenvalue weighted by Gasteiger charge is -2.24. The Morgan fingerprint density at radius 2 is 2.24 bits per heavy atom. The van der Waals surface area contributed by atoms with Crippen LogP contribution in [0.2, 0.25) is 0 Å². The third kappa shape index (κ3) is 2.36. The van der Waals surface area contributed by atoms with Crippen molar-refractivity contribution >= 4 is 23.5 Å². The fraction of sp³-hybridized carbons (Fsp3) is 0.818. The van der Waals surface area contributed by atoms with Gasteiger partial charge in [-0.05, 0) is 38.4 Å². The molecule has 0 aromatic rings. The van der Waals surface area contributed by atoms with E-state index in [2.05, 4.69) is 17.4 Å². The molecule has 2 fully saturated rings. The van der Waals surface area contributed by atoms with Crippen molar-refractivity contribution in [3.8, 4) is 0 Å². The second kappa shape index (κ2) is 4.40. The lowest BCUT2D eigenvalue weighted by Crippen LogP contribution is -2.45. The number of nitrogens with one attached hydrogen (secondary N) is 1.